The molecule has 0 atom stereocenters. The second-order valence-corrected chi connectivity index (χ2v) is 7.72. The molecule has 0 heterocycles. The summed E-state index contributed by atoms with van der Waals surface area (Å²) >= 11 is 0. The maximum Gasteiger partial charge on any atom is 0.407 e. The molecule has 28 heavy (non-hydrogen) atoms. The highest BCUT2D eigenvalue weighted by Gasteiger charge is 2.15. The molecule has 0 aliphatic rings. The molecule has 0 saturated heterocycles. The van der Waals surface area contributed by atoms with E-state index >= 15 is 0 Å². The quantitative estimate of drug-likeness (QED) is 0.470. The van der Waals surface area contributed by atoms with Gasteiger partial charge in [0, 0.05) is 18.7 Å². The second kappa shape index (κ2) is 11.3. The SMILES string of the molecule is CC(=O)c1cc(C)cc(OCC(=O)NCCCCCNC(=O)OC(C)(C)C)c1. The van der Waals surface area contributed by atoms with Crippen molar-refractivity contribution in [2.75, 3.05) is 19.7 Å². The van der Waals surface area contributed by atoms with E-state index in [1.807, 2.05) is 27.7 Å². The topological polar surface area (TPSA) is 93.7 Å². The zero-order valence-corrected chi connectivity index (χ0v) is 17.5. The summed E-state index contributed by atoms with van der Waals surface area (Å²) < 4.78 is 10.6. The minimum atomic E-state index is -0.498. The first-order valence-electron chi connectivity index (χ1n) is 9.56. The number of benzene rings is 1. The van der Waals surface area contributed by atoms with Crippen LogP contribution in [-0.4, -0.2) is 43.1 Å². The van der Waals surface area contributed by atoms with E-state index in [9.17, 15) is 14.4 Å². The maximum atomic E-state index is 11.9. The van der Waals surface area contributed by atoms with E-state index in [1.54, 1.807) is 18.2 Å². The Kier molecular flexibility index (Phi) is 9.48. The molecular formula is C21H32N2O5. The molecule has 0 fully saturated rings. The van der Waals surface area contributed by atoms with Crippen molar-refractivity contribution in [1.29, 1.82) is 0 Å². The highest BCUT2D eigenvalue weighted by atomic mass is 16.6. The lowest BCUT2D eigenvalue weighted by atomic mass is 10.1. The van der Waals surface area contributed by atoms with Crippen LogP contribution in [0.1, 0.15) is 62.9 Å². The second-order valence-electron chi connectivity index (χ2n) is 7.72. The predicted octanol–water partition coefficient (Wildman–Crippen LogP) is 3.39. The molecule has 0 aromatic heterocycles. The van der Waals surface area contributed by atoms with Gasteiger partial charge in [-0.25, -0.2) is 4.79 Å². The monoisotopic (exact) mass is 392 g/mol. The third-order valence-electron chi connectivity index (χ3n) is 3.67. The normalized spacial score (nSPS) is 10.9. The molecule has 1 aromatic carbocycles. The van der Waals surface area contributed by atoms with Crippen LogP contribution in [0.4, 0.5) is 4.79 Å². The van der Waals surface area contributed by atoms with Crippen molar-refractivity contribution in [2.24, 2.45) is 0 Å². The molecule has 2 amide bonds. The smallest absolute Gasteiger partial charge is 0.407 e. The average Bonchev–Trinajstić information content (AvgIpc) is 2.57. The molecule has 0 radical (unpaired) electrons. The number of Topliss-reactive ketones (excluding diaryl/α,β-unsaturated/α-hetero) is 1. The third-order valence-corrected chi connectivity index (χ3v) is 3.67. The first-order valence-corrected chi connectivity index (χ1v) is 9.56. The van der Waals surface area contributed by atoms with Crippen LogP contribution in [0.15, 0.2) is 18.2 Å². The number of ether oxygens (including phenoxy) is 2. The summed E-state index contributed by atoms with van der Waals surface area (Å²) in [6.45, 7) is 9.81. The Morgan fingerprint density at radius 1 is 0.964 bits per heavy atom. The van der Waals surface area contributed by atoms with Gasteiger partial charge in [-0.2, -0.15) is 0 Å². The molecule has 0 spiro atoms. The summed E-state index contributed by atoms with van der Waals surface area (Å²) in [6.07, 6.45) is 2.07. The Labute approximate surface area is 167 Å². The lowest BCUT2D eigenvalue weighted by molar-refractivity contribution is -0.123. The van der Waals surface area contributed by atoms with Crippen LogP contribution in [-0.2, 0) is 9.53 Å². The molecule has 7 heteroatoms. The van der Waals surface area contributed by atoms with Gasteiger partial charge in [0.05, 0.1) is 0 Å². The van der Waals surface area contributed by atoms with Crippen molar-refractivity contribution in [3.8, 4) is 5.75 Å². The van der Waals surface area contributed by atoms with E-state index in [-0.39, 0.29) is 18.3 Å². The fourth-order valence-electron chi connectivity index (χ4n) is 2.39. The third kappa shape index (κ3) is 10.5. The highest BCUT2D eigenvalue weighted by molar-refractivity contribution is 5.94. The number of carbonyl (C=O) groups excluding carboxylic acids is 3. The van der Waals surface area contributed by atoms with Gasteiger partial charge in [-0.3, -0.25) is 9.59 Å². The number of unbranched alkanes of at least 4 members (excludes halogenated alkanes) is 2. The van der Waals surface area contributed by atoms with Crippen molar-refractivity contribution in [3.05, 3.63) is 29.3 Å². The summed E-state index contributed by atoms with van der Waals surface area (Å²) in [7, 11) is 0. The van der Waals surface area contributed by atoms with Crippen molar-refractivity contribution >= 4 is 17.8 Å². The van der Waals surface area contributed by atoms with E-state index in [2.05, 4.69) is 10.6 Å². The number of hydrogen-bond donors (Lipinski definition) is 2. The van der Waals surface area contributed by atoms with Gasteiger partial charge in [-0.15, -0.1) is 0 Å². The first-order chi connectivity index (χ1) is 13.1. The Balaban J connectivity index is 2.15. The van der Waals surface area contributed by atoms with E-state index < -0.39 is 11.7 Å². The maximum absolute atomic E-state index is 11.9. The summed E-state index contributed by atoms with van der Waals surface area (Å²) in [5, 5.41) is 5.49. The Hall–Kier alpha value is -2.57. The van der Waals surface area contributed by atoms with Gasteiger partial charge in [0.15, 0.2) is 12.4 Å². The number of aryl methyl sites for hydroxylation is 1. The molecule has 0 saturated carbocycles. The molecule has 1 rings (SSSR count). The molecule has 1 aromatic rings. The van der Waals surface area contributed by atoms with Crippen molar-refractivity contribution < 1.29 is 23.9 Å². The van der Waals surface area contributed by atoms with Crippen LogP contribution < -0.4 is 15.4 Å². The van der Waals surface area contributed by atoms with Gasteiger partial charge in [0.25, 0.3) is 5.91 Å². The summed E-state index contributed by atoms with van der Waals surface area (Å²) in [6, 6.07) is 5.21. The highest BCUT2D eigenvalue weighted by Crippen LogP contribution is 2.17. The Morgan fingerprint density at radius 3 is 2.21 bits per heavy atom. The standard InChI is InChI=1S/C21H32N2O5/c1-15-11-17(16(2)24)13-18(12-15)27-14-19(25)22-9-7-6-8-10-23-20(26)28-21(3,4)5/h11-13H,6-10,14H2,1-5H3,(H,22,25)(H,23,26). The van der Waals surface area contributed by atoms with Gasteiger partial charge in [0.1, 0.15) is 11.4 Å². The Morgan fingerprint density at radius 2 is 1.61 bits per heavy atom. The van der Waals surface area contributed by atoms with Gasteiger partial charge in [-0.05, 0) is 77.6 Å². The number of alkyl carbamates (subject to hydrolysis) is 1. The van der Waals surface area contributed by atoms with E-state index in [4.69, 9.17) is 9.47 Å². The van der Waals surface area contributed by atoms with E-state index in [1.165, 1.54) is 6.92 Å². The van der Waals surface area contributed by atoms with Crippen molar-refractivity contribution in [1.82, 2.24) is 10.6 Å². The zero-order chi connectivity index (χ0) is 21.2. The largest absolute Gasteiger partial charge is 0.484 e. The van der Waals surface area contributed by atoms with Crippen LogP contribution in [0.5, 0.6) is 5.75 Å². The predicted molar refractivity (Wildman–Crippen MR) is 108 cm³/mol. The van der Waals surface area contributed by atoms with Crippen molar-refractivity contribution in [2.45, 2.75) is 59.5 Å². The minimum absolute atomic E-state index is 0.0424. The molecular weight excluding hydrogens is 360 g/mol. The Bertz CT molecular complexity index is 680. The van der Waals surface area contributed by atoms with Crippen LogP contribution in [0.2, 0.25) is 0 Å². The van der Waals surface area contributed by atoms with Gasteiger partial charge >= 0.3 is 6.09 Å². The van der Waals surface area contributed by atoms with Crippen LogP contribution in [0.3, 0.4) is 0 Å². The average molecular weight is 392 g/mol. The van der Waals surface area contributed by atoms with Gasteiger partial charge in [0.2, 0.25) is 0 Å². The molecule has 156 valence electrons. The molecule has 7 nitrogen and oxygen atoms in total. The lowest BCUT2D eigenvalue weighted by Gasteiger charge is -2.19. The minimum Gasteiger partial charge on any atom is -0.484 e. The van der Waals surface area contributed by atoms with Crippen LogP contribution >= 0.6 is 0 Å². The summed E-state index contributed by atoms with van der Waals surface area (Å²) in [4.78, 5) is 34.8. The van der Waals surface area contributed by atoms with Gasteiger partial charge < -0.3 is 20.1 Å². The van der Waals surface area contributed by atoms with E-state index in [0.29, 0.717) is 24.4 Å². The molecule has 0 bridgehead atoms. The fraction of sp³-hybridized carbons (Fsp3) is 0.571. The van der Waals surface area contributed by atoms with Crippen LogP contribution in [0, 0.1) is 6.92 Å². The molecule has 2 N–H and O–H groups in total. The van der Waals surface area contributed by atoms with Crippen LogP contribution in [0.25, 0.3) is 0 Å². The molecule has 0 unspecified atom stereocenters. The number of nitrogens with one attached hydrogen (secondary N) is 2. The number of amides is 2. The molecule has 0 aliphatic carbocycles. The number of carbonyl (C=O) groups is 3. The number of ketones is 1. The lowest BCUT2D eigenvalue weighted by Crippen LogP contribution is -2.33. The fourth-order valence-corrected chi connectivity index (χ4v) is 2.39. The van der Waals surface area contributed by atoms with Crippen molar-refractivity contribution in [3.63, 3.8) is 0 Å². The van der Waals surface area contributed by atoms with Gasteiger partial charge in [-0.1, -0.05) is 0 Å². The molecule has 0 aliphatic heterocycles. The summed E-state index contributed by atoms with van der Waals surface area (Å²) in [5.74, 6) is 0.255. The van der Waals surface area contributed by atoms with E-state index in [0.717, 1.165) is 24.8 Å². The first kappa shape index (κ1) is 23.5. The number of rotatable bonds is 10. The zero-order valence-electron chi connectivity index (χ0n) is 17.5. The summed E-state index contributed by atoms with van der Waals surface area (Å²) in [5.41, 5.74) is 0.973. The number of hydrogen-bond acceptors (Lipinski definition) is 5.